The molecule has 15 nitrogen and oxygen atoms in total. The third-order valence-electron chi connectivity index (χ3n) is 12.5. The molecule has 3 rings (SSSR count). The van der Waals surface area contributed by atoms with Crippen molar-refractivity contribution in [1.82, 2.24) is 5.32 Å². The number of likely N-dealkylation sites (N-methyl/N-ethyl adjacent to an activating group) is 1. The van der Waals surface area contributed by atoms with Gasteiger partial charge in [0.1, 0.15) is 23.6 Å². The fourth-order valence-electron chi connectivity index (χ4n) is 8.75. The molecule has 0 aromatic heterocycles. The zero-order valence-corrected chi connectivity index (χ0v) is 36.0. The molecule has 4 N–H and O–H groups in total. The van der Waals surface area contributed by atoms with E-state index in [0.717, 1.165) is 0 Å². The Morgan fingerprint density at radius 3 is 2.09 bits per heavy atom. The molecular weight excluding hydrogens is 730 g/mol. The van der Waals surface area contributed by atoms with Crippen molar-refractivity contribution < 1.29 is 67.6 Å². The summed E-state index contributed by atoms with van der Waals surface area (Å²) in [5.74, 6) is -4.78. The number of hydrogen-bond acceptors (Lipinski definition) is 15. The molecule has 3 aliphatic heterocycles. The van der Waals surface area contributed by atoms with E-state index in [4.69, 9.17) is 37.9 Å². The van der Waals surface area contributed by atoms with E-state index in [2.05, 4.69) is 5.32 Å². The Morgan fingerprint density at radius 2 is 1.54 bits per heavy atom. The van der Waals surface area contributed by atoms with Crippen LogP contribution < -0.4 is 5.32 Å². The van der Waals surface area contributed by atoms with Crippen LogP contribution in [0.3, 0.4) is 0 Å². The van der Waals surface area contributed by atoms with E-state index in [9.17, 15) is 29.7 Å². The molecule has 0 spiro atoms. The van der Waals surface area contributed by atoms with Crippen LogP contribution in [-0.4, -0.2) is 138 Å². The Hall–Kier alpha value is -2.05. The number of aliphatic hydroxyl groups excluding tert-OH is 2. The van der Waals surface area contributed by atoms with E-state index in [1.165, 1.54) is 40.4 Å². The van der Waals surface area contributed by atoms with Crippen LogP contribution in [0.25, 0.3) is 0 Å². The maximum Gasteiger partial charge on any atom is 0.311 e. The van der Waals surface area contributed by atoms with Crippen molar-refractivity contribution in [2.45, 2.75) is 186 Å². The number of carbonyl (C=O) groups excluding carboxylic acids is 3. The summed E-state index contributed by atoms with van der Waals surface area (Å²) in [6.45, 7) is 18.5. The molecule has 3 fully saturated rings. The summed E-state index contributed by atoms with van der Waals surface area (Å²) in [7, 11) is 4.80. The standard InChI is InChI=1S/C41H71NO14/c1-15-29-41(11,48)34(45)24(5)31(44)21(2)19-40(10,50-14)36(56-38-33(51-17-16-22(3)43)28(42-12)18-23(4)52-38)25(6)32(26(7)37(47)54-29)55-30-20-39(9,49-13)35(46)27(8)53-30/h16-17,21,23-30,32-36,38,42,45-46,48H,15,18-20H2,1-14H3/t21-,23-,24+,25+,26-,27+,28+,29-,30+,32+,33-,34-,35+,36-,38+,39-,40+,41-/m1/s1. The van der Waals surface area contributed by atoms with E-state index >= 15 is 0 Å². The molecule has 3 heterocycles. The maximum atomic E-state index is 14.3. The van der Waals surface area contributed by atoms with Gasteiger partial charge in [0, 0.05) is 44.5 Å². The van der Waals surface area contributed by atoms with Gasteiger partial charge in [-0.15, -0.1) is 0 Å². The Kier molecular flexibility index (Phi) is 17.1. The fraction of sp³-hybridized carbons (Fsp3) is 0.878. The summed E-state index contributed by atoms with van der Waals surface area (Å²) in [6, 6.07) is -0.263. The van der Waals surface area contributed by atoms with Gasteiger partial charge in [0.2, 0.25) is 0 Å². The lowest BCUT2D eigenvalue weighted by Gasteiger charge is -2.49. The third-order valence-corrected chi connectivity index (χ3v) is 12.5. The van der Waals surface area contributed by atoms with Crippen LogP contribution in [0.2, 0.25) is 0 Å². The highest BCUT2D eigenvalue weighted by atomic mass is 16.7. The molecular formula is C41H71NO14. The van der Waals surface area contributed by atoms with E-state index in [0.29, 0.717) is 6.42 Å². The van der Waals surface area contributed by atoms with Gasteiger partial charge in [0.05, 0.1) is 59.9 Å². The molecule has 0 unspecified atom stereocenters. The lowest BCUT2D eigenvalue weighted by molar-refractivity contribution is -0.317. The minimum Gasteiger partial charge on any atom is -0.491 e. The first-order valence-corrected chi connectivity index (χ1v) is 20.1. The number of hydrogen-bond donors (Lipinski definition) is 4. The van der Waals surface area contributed by atoms with Gasteiger partial charge < -0.3 is 58.5 Å². The van der Waals surface area contributed by atoms with E-state index in [1.54, 1.807) is 55.5 Å². The van der Waals surface area contributed by atoms with E-state index in [-0.39, 0.29) is 43.0 Å². The van der Waals surface area contributed by atoms with E-state index in [1.807, 2.05) is 13.8 Å². The summed E-state index contributed by atoms with van der Waals surface area (Å²) in [5, 5.41) is 37.4. The number of esters is 1. The molecule has 0 amide bonds. The van der Waals surface area contributed by atoms with Crippen molar-refractivity contribution in [3.8, 4) is 0 Å². The summed E-state index contributed by atoms with van der Waals surface area (Å²) in [6.07, 6.45) is -5.92. The largest absolute Gasteiger partial charge is 0.491 e. The van der Waals surface area contributed by atoms with Gasteiger partial charge in [-0.3, -0.25) is 14.4 Å². The molecule has 0 aromatic rings. The smallest absolute Gasteiger partial charge is 0.311 e. The zero-order chi connectivity index (χ0) is 42.5. The zero-order valence-electron chi connectivity index (χ0n) is 36.0. The van der Waals surface area contributed by atoms with Gasteiger partial charge in [0.15, 0.2) is 24.5 Å². The number of nitrogens with one attached hydrogen (secondary N) is 1. The van der Waals surface area contributed by atoms with Gasteiger partial charge in [-0.2, -0.15) is 0 Å². The molecule has 324 valence electrons. The maximum absolute atomic E-state index is 14.3. The van der Waals surface area contributed by atoms with Gasteiger partial charge >= 0.3 is 5.97 Å². The molecule has 0 bridgehead atoms. The number of cyclic esters (lactones) is 1. The molecule has 3 saturated heterocycles. The SMILES string of the molecule is CC[C@H]1OC(=O)[C@H](C)[C@@H](O[C@H]2C[C@@](C)(OC)[C@@H](O)[C@H](C)O2)[C@H](C)[C@@H](O[C@@H]2O[C@H](C)C[C@H](NC)[C@H]2OC=CC(C)=O)[C@@](C)(OC)C[C@@H](C)C(=O)[C@H](C)[C@@H](O)[C@]1(C)O. The van der Waals surface area contributed by atoms with Crippen molar-refractivity contribution in [3.05, 3.63) is 12.3 Å². The molecule has 0 aliphatic carbocycles. The third kappa shape index (κ3) is 10.8. The fourth-order valence-corrected chi connectivity index (χ4v) is 8.75. The van der Waals surface area contributed by atoms with Crippen LogP contribution in [0, 0.1) is 23.7 Å². The highest BCUT2D eigenvalue weighted by molar-refractivity contribution is 5.86. The minimum atomic E-state index is -1.98. The van der Waals surface area contributed by atoms with Crippen molar-refractivity contribution >= 4 is 17.5 Å². The lowest BCUT2D eigenvalue weighted by Crippen LogP contribution is -2.61. The Bertz CT molecular complexity index is 1340. The monoisotopic (exact) mass is 801 g/mol. The summed E-state index contributed by atoms with van der Waals surface area (Å²) in [5.41, 5.74) is -4.31. The average molecular weight is 802 g/mol. The predicted molar refractivity (Wildman–Crippen MR) is 205 cm³/mol. The first-order valence-electron chi connectivity index (χ1n) is 20.1. The average Bonchev–Trinajstić information content (AvgIpc) is 3.15. The number of ketones is 2. The Morgan fingerprint density at radius 1 is 0.911 bits per heavy atom. The van der Waals surface area contributed by atoms with Gasteiger partial charge in [-0.1, -0.05) is 27.7 Å². The normalized spacial score (nSPS) is 46.3. The summed E-state index contributed by atoms with van der Waals surface area (Å²) in [4.78, 5) is 40.2. The molecule has 15 heteroatoms. The van der Waals surface area contributed by atoms with Gasteiger partial charge in [0.25, 0.3) is 0 Å². The van der Waals surface area contributed by atoms with Crippen molar-refractivity contribution in [2.24, 2.45) is 23.7 Å². The number of methoxy groups -OCH3 is 2. The first kappa shape index (κ1) is 48.3. The molecule has 3 aliphatic rings. The van der Waals surface area contributed by atoms with Gasteiger partial charge in [-0.05, 0) is 74.8 Å². The predicted octanol–water partition coefficient (Wildman–Crippen LogP) is 3.22. The first-order chi connectivity index (χ1) is 26.0. The minimum absolute atomic E-state index is 0.0949. The highest BCUT2D eigenvalue weighted by Crippen LogP contribution is 2.42. The van der Waals surface area contributed by atoms with Crippen molar-refractivity contribution in [3.63, 3.8) is 0 Å². The van der Waals surface area contributed by atoms with Crippen LogP contribution in [0.1, 0.15) is 102 Å². The number of rotatable bonds is 11. The second-order valence-corrected chi connectivity index (χ2v) is 17.0. The second kappa shape index (κ2) is 19.8. The second-order valence-electron chi connectivity index (χ2n) is 17.0. The van der Waals surface area contributed by atoms with Gasteiger partial charge in [-0.25, -0.2) is 0 Å². The molecule has 0 aromatic carbocycles. The quantitative estimate of drug-likeness (QED) is 0.135. The molecule has 0 saturated carbocycles. The molecule has 18 atom stereocenters. The lowest BCUT2D eigenvalue weighted by atomic mass is 9.74. The van der Waals surface area contributed by atoms with Crippen molar-refractivity contribution in [2.75, 3.05) is 21.3 Å². The number of ether oxygens (including phenoxy) is 8. The Labute approximate surface area is 333 Å². The van der Waals surface area contributed by atoms with Crippen LogP contribution in [-0.2, 0) is 52.3 Å². The number of allylic oxidation sites excluding steroid dienone is 1. The van der Waals surface area contributed by atoms with Crippen LogP contribution in [0.5, 0.6) is 0 Å². The van der Waals surface area contributed by atoms with Crippen molar-refractivity contribution in [1.29, 1.82) is 0 Å². The van der Waals surface area contributed by atoms with Crippen LogP contribution >= 0.6 is 0 Å². The summed E-state index contributed by atoms with van der Waals surface area (Å²) >= 11 is 0. The molecule has 56 heavy (non-hydrogen) atoms. The Balaban J connectivity index is 2.26. The topological polar surface area (TPSA) is 198 Å². The molecule has 0 radical (unpaired) electrons. The van der Waals surface area contributed by atoms with Crippen LogP contribution in [0.15, 0.2) is 12.3 Å². The number of Topliss-reactive ketones (excluding diaryl/α,β-unsaturated/α-hetero) is 1. The number of aliphatic hydroxyl groups is 3. The van der Waals surface area contributed by atoms with E-state index < -0.39 is 102 Å². The highest BCUT2D eigenvalue weighted by Gasteiger charge is 2.54. The van der Waals surface area contributed by atoms with Crippen LogP contribution in [0.4, 0.5) is 0 Å². The summed E-state index contributed by atoms with van der Waals surface area (Å²) < 4.78 is 50.6. The number of carbonyl (C=O) groups is 3.